The molecule has 4 heteroatoms. The Kier molecular flexibility index (Phi) is 5.01. The molecule has 20 heavy (non-hydrogen) atoms. The van der Waals surface area contributed by atoms with E-state index < -0.39 is 0 Å². The van der Waals surface area contributed by atoms with Gasteiger partial charge in [-0.3, -0.25) is 9.91 Å². The summed E-state index contributed by atoms with van der Waals surface area (Å²) in [5.41, 5.74) is 6.53. The fraction of sp³-hybridized carbons (Fsp3) is 0.562. The van der Waals surface area contributed by atoms with Gasteiger partial charge in [-0.15, -0.1) is 0 Å². The van der Waals surface area contributed by atoms with Gasteiger partial charge in [0.2, 0.25) is 0 Å². The third-order valence-corrected chi connectivity index (χ3v) is 3.83. The quantitative estimate of drug-likeness (QED) is 0.805. The highest BCUT2D eigenvalue weighted by Gasteiger charge is 2.30. The molecule has 2 amide bonds. The number of unbranched alkanes of at least 4 members (excludes halogenated alkanes) is 3. The second kappa shape index (κ2) is 6.75. The summed E-state index contributed by atoms with van der Waals surface area (Å²) in [6.07, 6.45) is 4.71. The van der Waals surface area contributed by atoms with Crippen LogP contribution in [0.25, 0.3) is 0 Å². The lowest BCUT2D eigenvalue weighted by atomic mass is 10.1. The van der Waals surface area contributed by atoms with Gasteiger partial charge in [0.1, 0.15) is 0 Å². The van der Waals surface area contributed by atoms with Crippen molar-refractivity contribution in [1.82, 2.24) is 10.4 Å². The molecule has 0 radical (unpaired) electrons. The highest BCUT2D eigenvalue weighted by molar-refractivity contribution is 5.94. The molecule has 1 aromatic carbocycles. The lowest BCUT2D eigenvalue weighted by molar-refractivity contribution is 0.201. The van der Waals surface area contributed by atoms with E-state index in [4.69, 9.17) is 0 Å². The molecule has 4 nitrogen and oxygen atoms in total. The fourth-order valence-electron chi connectivity index (χ4n) is 2.71. The number of urea groups is 1. The average Bonchev–Trinajstić information content (AvgIpc) is 2.77. The predicted octanol–water partition coefficient (Wildman–Crippen LogP) is 3.59. The van der Waals surface area contributed by atoms with Gasteiger partial charge in [-0.2, -0.15) is 0 Å². The van der Waals surface area contributed by atoms with Crippen LogP contribution in [0, 0.1) is 13.8 Å². The third-order valence-electron chi connectivity index (χ3n) is 3.83. The van der Waals surface area contributed by atoms with Crippen LogP contribution in [-0.2, 0) is 0 Å². The number of aryl methyl sites for hydroxylation is 2. The van der Waals surface area contributed by atoms with Crippen molar-refractivity contribution in [3.05, 3.63) is 29.3 Å². The maximum Gasteiger partial charge on any atom is 0.340 e. The van der Waals surface area contributed by atoms with Crippen molar-refractivity contribution in [3.8, 4) is 0 Å². The smallest absolute Gasteiger partial charge is 0.278 e. The lowest BCUT2D eigenvalue weighted by Crippen LogP contribution is -2.36. The van der Waals surface area contributed by atoms with Crippen LogP contribution in [0.15, 0.2) is 18.2 Å². The summed E-state index contributed by atoms with van der Waals surface area (Å²) < 4.78 is 0. The molecular weight excluding hydrogens is 250 g/mol. The molecule has 1 N–H and O–H groups in total. The molecule has 110 valence electrons. The number of benzene rings is 1. The molecule has 1 fully saturated rings. The van der Waals surface area contributed by atoms with Crippen LogP contribution in [0.2, 0.25) is 0 Å². The van der Waals surface area contributed by atoms with Gasteiger partial charge in [0.15, 0.2) is 0 Å². The highest BCUT2D eigenvalue weighted by Crippen LogP contribution is 2.26. The van der Waals surface area contributed by atoms with Gasteiger partial charge in [-0.05, 0) is 31.4 Å². The van der Waals surface area contributed by atoms with Crippen molar-refractivity contribution in [3.63, 3.8) is 0 Å². The van der Waals surface area contributed by atoms with E-state index in [9.17, 15) is 4.79 Å². The van der Waals surface area contributed by atoms with E-state index >= 15 is 0 Å². The number of hydrogen-bond acceptors (Lipinski definition) is 2. The van der Waals surface area contributed by atoms with E-state index in [-0.39, 0.29) is 6.03 Å². The second-order valence-electron chi connectivity index (χ2n) is 5.48. The Hall–Kier alpha value is -1.55. The second-order valence-corrected chi connectivity index (χ2v) is 5.48. The minimum Gasteiger partial charge on any atom is -0.278 e. The van der Waals surface area contributed by atoms with Crippen LogP contribution in [0.5, 0.6) is 0 Å². The van der Waals surface area contributed by atoms with Crippen LogP contribution < -0.4 is 10.3 Å². The normalized spacial score (nSPS) is 15.2. The minimum atomic E-state index is 0.0684. The first-order chi connectivity index (χ1) is 9.65. The van der Waals surface area contributed by atoms with Crippen molar-refractivity contribution in [2.75, 3.05) is 18.1 Å². The number of amides is 2. The molecule has 1 aliphatic rings. The minimum absolute atomic E-state index is 0.0684. The summed E-state index contributed by atoms with van der Waals surface area (Å²) in [5.74, 6) is 0. The predicted molar refractivity (Wildman–Crippen MR) is 82.6 cm³/mol. The molecule has 0 saturated carbocycles. The zero-order valence-corrected chi connectivity index (χ0v) is 12.8. The van der Waals surface area contributed by atoms with Crippen LogP contribution in [-0.4, -0.2) is 24.3 Å². The van der Waals surface area contributed by atoms with Crippen LogP contribution >= 0.6 is 0 Å². The average molecular weight is 275 g/mol. The van der Waals surface area contributed by atoms with Gasteiger partial charge in [-0.25, -0.2) is 10.2 Å². The number of anilines is 1. The maximum atomic E-state index is 12.5. The maximum absolute atomic E-state index is 12.5. The monoisotopic (exact) mass is 275 g/mol. The van der Waals surface area contributed by atoms with E-state index in [1.54, 1.807) is 5.01 Å². The Morgan fingerprint density at radius 2 is 1.85 bits per heavy atom. The molecular formula is C16H25N3O. The molecule has 0 bridgehead atoms. The number of carbonyl (C=O) groups excluding carboxylic acids is 1. The van der Waals surface area contributed by atoms with E-state index in [2.05, 4.69) is 38.3 Å². The molecule has 1 aliphatic heterocycles. The van der Waals surface area contributed by atoms with Gasteiger partial charge in [-0.1, -0.05) is 44.4 Å². The van der Waals surface area contributed by atoms with Gasteiger partial charge >= 0.3 is 6.03 Å². The number of para-hydroxylation sites is 1. The van der Waals surface area contributed by atoms with E-state index in [1.165, 1.54) is 19.3 Å². The Balaban J connectivity index is 2.00. The van der Waals surface area contributed by atoms with E-state index in [0.717, 1.165) is 29.8 Å². The molecule has 1 saturated heterocycles. The summed E-state index contributed by atoms with van der Waals surface area (Å²) in [5, 5.41) is 1.75. The first-order valence-corrected chi connectivity index (χ1v) is 7.54. The summed E-state index contributed by atoms with van der Waals surface area (Å²) in [6.45, 7) is 7.67. The highest BCUT2D eigenvalue weighted by atomic mass is 16.2. The zero-order valence-electron chi connectivity index (χ0n) is 12.8. The molecule has 2 rings (SSSR count). The van der Waals surface area contributed by atoms with Crippen LogP contribution in [0.4, 0.5) is 10.5 Å². The van der Waals surface area contributed by atoms with Gasteiger partial charge in [0, 0.05) is 6.54 Å². The number of carbonyl (C=O) groups is 1. The SMILES string of the molecule is CCCCCCN1NCN(c2c(C)cccc2C)C1=O. The summed E-state index contributed by atoms with van der Waals surface area (Å²) >= 11 is 0. The molecule has 0 aromatic heterocycles. The Morgan fingerprint density at radius 1 is 1.15 bits per heavy atom. The van der Waals surface area contributed by atoms with Crippen molar-refractivity contribution < 1.29 is 4.79 Å². The number of hydrogen-bond donors (Lipinski definition) is 1. The molecule has 0 aliphatic carbocycles. The fourth-order valence-corrected chi connectivity index (χ4v) is 2.71. The van der Waals surface area contributed by atoms with Gasteiger partial charge in [0.25, 0.3) is 0 Å². The first kappa shape index (κ1) is 14.9. The topological polar surface area (TPSA) is 35.6 Å². The number of nitrogens with one attached hydrogen (secondary N) is 1. The number of hydrazine groups is 1. The Bertz CT molecular complexity index is 453. The molecule has 0 spiro atoms. The standard InChI is InChI=1S/C16H25N3O/c1-4-5-6-7-11-19-16(20)18(12-17-19)15-13(2)9-8-10-14(15)3/h8-10,17H,4-7,11-12H2,1-3H3. The van der Waals surface area contributed by atoms with Crippen molar-refractivity contribution in [2.45, 2.75) is 46.5 Å². The van der Waals surface area contributed by atoms with Crippen molar-refractivity contribution in [1.29, 1.82) is 0 Å². The van der Waals surface area contributed by atoms with E-state index in [0.29, 0.717) is 6.67 Å². The summed E-state index contributed by atoms with van der Waals surface area (Å²) in [7, 11) is 0. The Morgan fingerprint density at radius 3 is 2.50 bits per heavy atom. The number of nitrogens with zero attached hydrogens (tertiary/aromatic N) is 2. The van der Waals surface area contributed by atoms with Crippen LogP contribution in [0.3, 0.4) is 0 Å². The zero-order chi connectivity index (χ0) is 14.5. The molecule has 0 atom stereocenters. The largest absolute Gasteiger partial charge is 0.340 e. The lowest BCUT2D eigenvalue weighted by Gasteiger charge is -2.20. The van der Waals surface area contributed by atoms with E-state index in [1.807, 2.05) is 11.0 Å². The molecule has 0 unspecified atom stereocenters. The summed E-state index contributed by atoms with van der Waals surface area (Å²) in [4.78, 5) is 14.3. The van der Waals surface area contributed by atoms with Crippen LogP contribution in [0.1, 0.15) is 43.7 Å². The van der Waals surface area contributed by atoms with Crippen molar-refractivity contribution >= 4 is 11.7 Å². The van der Waals surface area contributed by atoms with Crippen molar-refractivity contribution in [2.24, 2.45) is 0 Å². The molecule has 1 aromatic rings. The summed E-state index contributed by atoms with van der Waals surface area (Å²) in [6, 6.07) is 6.21. The number of rotatable bonds is 6. The Labute approximate surface area is 121 Å². The van der Waals surface area contributed by atoms with Gasteiger partial charge in [0.05, 0.1) is 12.4 Å². The molecule has 1 heterocycles. The van der Waals surface area contributed by atoms with Gasteiger partial charge < -0.3 is 0 Å². The third kappa shape index (κ3) is 3.12. The first-order valence-electron chi connectivity index (χ1n) is 7.54.